The van der Waals surface area contributed by atoms with Crippen molar-refractivity contribution in [3.63, 3.8) is 0 Å². The fourth-order valence-corrected chi connectivity index (χ4v) is 4.59. The number of fused-ring (bicyclic) bond motifs is 1. The molecule has 2 aromatic heterocycles. The summed E-state index contributed by atoms with van der Waals surface area (Å²) in [7, 11) is 0. The van der Waals surface area contributed by atoms with E-state index in [9.17, 15) is 9.59 Å². The Morgan fingerprint density at radius 1 is 1.18 bits per heavy atom. The zero-order chi connectivity index (χ0) is 23.8. The molecule has 0 aliphatic carbocycles. The quantitative estimate of drug-likeness (QED) is 0.541. The van der Waals surface area contributed by atoms with Crippen LogP contribution in [0.15, 0.2) is 41.1 Å². The highest BCUT2D eigenvalue weighted by Crippen LogP contribution is 2.36. The fraction of sp³-hybridized carbons (Fsp3) is 0.423. The van der Waals surface area contributed by atoms with Gasteiger partial charge < -0.3 is 14.2 Å². The van der Waals surface area contributed by atoms with Gasteiger partial charge in [0.25, 0.3) is 5.91 Å². The van der Waals surface area contributed by atoms with Gasteiger partial charge in [0.15, 0.2) is 5.76 Å². The lowest BCUT2D eigenvalue weighted by Crippen LogP contribution is -2.41. The number of amides is 2. The number of rotatable bonds is 6. The van der Waals surface area contributed by atoms with Gasteiger partial charge in [-0.25, -0.2) is 4.39 Å². The molecule has 0 unspecified atom stereocenters. The predicted molar refractivity (Wildman–Crippen MR) is 127 cm³/mol. The first kappa shape index (κ1) is 22.4. The van der Waals surface area contributed by atoms with Crippen LogP contribution in [0, 0.1) is 5.82 Å². The van der Waals surface area contributed by atoms with Crippen LogP contribution in [0.3, 0.4) is 0 Å². The van der Waals surface area contributed by atoms with E-state index in [2.05, 4.69) is 5.10 Å². The number of nitrogens with zero attached hydrogens (tertiary/aromatic N) is 4. The largest absolute Gasteiger partial charge is 0.450 e. The third-order valence-corrected chi connectivity index (χ3v) is 6.71. The molecule has 0 radical (unpaired) electrons. The Labute approximate surface area is 197 Å². The summed E-state index contributed by atoms with van der Waals surface area (Å²) < 4.78 is 23.4. The van der Waals surface area contributed by atoms with E-state index in [1.165, 1.54) is 6.07 Å². The Morgan fingerprint density at radius 3 is 2.68 bits per heavy atom. The number of carbonyl (C=O) groups excluding carboxylic acids is 2. The average Bonchev–Trinajstić information content (AvgIpc) is 3.47. The Hall–Kier alpha value is -3.42. The lowest BCUT2D eigenvalue weighted by molar-refractivity contribution is -0.131. The maximum atomic E-state index is 15.8. The van der Waals surface area contributed by atoms with Crippen molar-refractivity contribution in [3.8, 4) is 0 Å². The van der Waals surface area contributed by atoms with Gasteiger partial charge in [0.2, 0.25) is 5.91 Å². The number of hydrogen-bond donors (Lipinski definition) is 0. The van der Waals surface area contributed by atoms with Crippen molar-refractivity contribution >= 4 is 28.4 Å². The van der Waals surface area contributed by atoms with Crippen LogP contribution in [-0.4, -0.2) is 57.6 Å². The predicted octanol–water partition coefficient (Wildman–Crippen LogP) is 4.44. The molecule has 178 valence electrons. The first-order chi connectivity index (χ1) is 16.4. The summed E-state index contributed by atoms with van der Waals surface area (Å²) in [6.07, 6.45) is 7.53. The van der Waals surface area contributed by atoms with Crippen molar-refractivity contribution in [2.45, 2.75) is 45.6 Å². The van der Waals surface area contributed by atoms with Crippen LogP contribution >= 0.6 is 0 Å². The van der Waals surface area contributed by atoms with Crippen LogP contribution in [0.4, 0.5) is 4.39 Å². The monoisotopic (exact) mass is 464 g/mol. The van der Waals surface area contributed by atoms with Crippen LogP contribution in [0.1, 0.15) is 60.7 Å². The van der Waals surface area contributed by atoms with Gasteiger partial charge in [-0.15, -0.1) is 0 Å². The Morgan fingerprint density at radius 2 is 2.00 bits per heavy atom. The molecule has 0 N–H and O–H groups in total. The number of benzene rings is 1. The van der Waals surface area contributed by atoms with Crippen molar-refractivity contribution in [1.82, 2.24) is 19.6 Å². The van der Waals surface area contributed by atoms with Gasteiger partial charge in [0.1, 0.15) is 11.4 Å². The molecule has 0 spiro atoms. The number of hydrogen-bond acceptors (Lipinski definition) is 4. The maximum Gasteiger partial charge on any atom is 0.289 e. The molecular weight excluding hydrogens is 435 g/mol. The third kappa shape index (κ3) is 4.13. The number of halogens is 1. The molecular formula is C26H29FN4O3. The molecule has 3 aromatic rings. The molecule has 2 amide bonds. The van der Waals surface area contributed by atoms with Crippen LogP contribution in [0.2, 0.25) is 0 Å². The van der Waals surface area contributed by atoms with Crippen molar-refractivity contribution in [2.24, 2.45) is 0 Å². The van der Waals surface area contributed by atoms with Crippen LogP contribution in [-0.2, 0) is 11.3 Å². The van der Waals surface area contributed by atoms with Crippen molar-refractivity contribution in [1.29, 1.82) is 0 Å². The fourth-order valence-electron chi connectivity index (χ4n) is 4.59. The van der Waals surface area contributed by atoms with E-state index >= 15 is 4.39 Å². The second-order valence-corrected chi connectivity index (χ2v) is 9.33. The number of carbonyl (C=O) groups is 2. The van der Waals surface area contributed by atoms with Crippen LogP contribution in [0.25, 0.3) is 16.5 Å². The van der Waals surface area contributed by atoms with E-state index < -0.39 is 5.82 Å². The average molecular weight is 465 g/mol. The Balaban J connectivity index is 1.43. The lowest BCUT2D eigenvalue weighted by atomic mass is 9.92. The summed E-state index contributed by atoms with van der Waals surface area (Å²) in [6.45, 7) is 6.95. The zero-order valence-corrected chi connectivity index (χ0v) is 19.6. The third-order valence-electron chi connectivity index (χ3n) is 6.71. The Kier molecular flexibility index (Phi) is 5.98. The highest BCUT2D eigenvalue weighted by molar-refractivity contribution is 5.98. The van der Waals surface area contributed by atoms with Crippen LogP contribution in [0.5, 0.6) is 0 Å². The van der Waals surface area contributed by atoms with Gasteiger partial charge in [-0.1, -0.05) is 19.9 Å². The summed E-state index contributed by atoms with van der Waals surface area (Å²) in [4.78, 5) is 29.0. The first-order valence-corrected chi connectivity index (χ1v) is 11.9. The first-order valence-electron chi connectivity index (χ1n) is 11.9. The molecule has 4 heterocycles. The van der Waals surface area contributed by atoms with Crippen LogP contribution < -0.4 is 0 Å². The topological polar surface area (TPSA) is 71.6 Å². The molecule has 5 rings (SSSR count). The standard InChI is InChI=1S/C26H29FN4O3/c1-17(2)19-14-20(24(27)21-15-22(34-25(19)21)26(33)29-10-5-11-29)18-6-3-9-30(16-18)23(32)7-13-31-12-4-8-28-31/h4,6,8,12,14-15,17H,3,5,7,9-11,13,16H2,1-2H3. The van der Waals surface area contributed by atoms with Gasteiger partial charge in [-0.05, 0) is 42.0 Å². The molecule has 0 atom stereocenters. The minimum Gasteiger partial charge on any atom is -0.450 e. The second-order valence-electron chi connectivity index (χ2n) is 9.33. The minimum absolute atomic E-state index is 0.0254. The molecule has 1 saturated heterocycles. The van der Waals surface area contributed by atoms with Crippen molar-refractivity contribution < 1.29 is 18.4 Å². The van der Waals surface area contributed by atoms with Gasteiger partial charge in [0.05, 0.1) is 5.39 Å². The number of aromatic nitrogens is 2. The van der Waals surface area contributed by atoms with E-state index in [1.54, 1.807) is 20.7 Å². The molecule has 1 aromatic carbocycles. The molecule has 2 aliphatic rings. The van der Waals surface area contributed by atoms with Crippen molar-refractivity contribution in [3.05, 3.63) is 59.4 Å². The smallest absolute Gasteiger partial charge is 0.289 e. The van der Waals surface area contributed by atoms with E-state index in [1.807, 2.05) is 38.3 Å². The highest BCUT2D eigenvalue weighted by atomic mass is 19.1. The summed E-state index contributed by atoms with van der Waals surface area (Å²) in [5.74, 6) is -0.305. The molecule has 2 aliphatic heterocycles. The minimum atomic E-state index is -0.400. The SMILES string of the molecule is CC(C)c1cc(C2=CCCN(C(=O)CCn3cccn3)C2)c(F)c2cc(C(=O)N3CCC3)oc12. The highest BCUT2D eigenvalue weighted by Gasteiger charge is 2.28. The molecule has 8 heteroatoms. The summed E-state index contributed by atoms with van der Waals surface area (Å²) in [6, 6.07) is 5.19. The van der Waals surface area contributed by atoms with Gasteiger partial charge in [-0.2, -0.15) is 5.10 Å². The molecule has 0 saturated carbocycles. The van der Waals surface area contributed by atoms with E-state index in [-0.39, 0.29) is 23.5 Å². The van der Waals surface area contributed by atoms with E-state index in [0.29, 0.717) is 62.1 Å². The maximum absolute atomic E-state index is 15.8. The number of furan rings is 1. The molecule has 1 fully saturated rings. The summed E-state index contributed by atoms with van der Waals surface area (Å²) in [5, 5.41) is 4.47. The van der Waals surface area contributed by atoms with E-state index in [4.69, 9.17) is 4.42 Å². The van der Waals surface area contributed by atoms with Gasteiger partial charge in [-0.3, -0.25) is 14.3 Å². The lowest BCUT2D eigenvalue weighted by Gasteiger charge is -2.29. The normalized spacial score (nSPS) is 16.2. The number of aryl methyl sites for hydroxylation is 1. The summed E-state index contributed by atoms with van der Waals surface area (Å²) in [5.41, 5.74) is 2.56. The molecule has 0 bridgehead atoms. The van der Waals surface area contributed by atoms with E-state index in [0.717, 1.165) is 17.6 Å². The second kappa shape index (κ2) is 9.08. The van der Waals surface area contributed by atoms with Gasteiger partial charge in [0, 0.05) is 63.2 Å². The van der Waals surface area contributed by atoms with Gasteiger partial charge >= 0.3 is 0 Å². The summed E-state index contributed by atoms with van der Waals surface area (Å²) >= 11 is 0. The molecule has 7 nitrogen and oxygen atoms in total. The zero-order valence-electron chi connectivity index (χ0n) is 19.6. The Bertz CT molecular complexity index is 1250. The molecule has 34 heavy (non-hydrogen) atoms. The van der Waals surface area contributed by atoms with Crippen molar-refractivity contribution in [2.75, 3.05) is 26.2 Å². The number of likely N-dealkylation sites (tertiary alicyclic amines) is 1.